The van der Waals surface area contributed by atoms with Crippen molar-refractivity contribution in [2.75, 3.05) is 11.9 Å². The molecule has 3 heteroatoms. The Kier molecular flexibility index (Phi) is 6.13. The fourth-order valence-corrected chi connectivity index (χ4v) is 4.49. The molecule has 1 saturated carbocycles. The van der Waals surface area contributed by atoms with E-state index < -0.39 is 0 Å². The van der Waals surface area contributed by atoms with Gasteiger partial charge in [0.15, 0.2) is 0 Å². The first-order valence-corrected chi connectivity index (χ1v) is 11.3. The molecule has 0 saturated heterocycles. The van der Waals surface area contributed by atoms with E-state index in [1.165, 1.54) is 22.3 Å². The van der Waals surface area contributed by atoms with Crippen molar-refractivity contribution in [3.05, 3.63) is 95.1 Å². The monoisotopic (exact) mass is 413 g/mol. The maximum atomic E-state index is 13.3. The zero-order chi connectivity index (χ0) is 21.8. The van der Waals surface area contributed by atoms with Crippen LogP contribution in [0.2, 0.25) is 0 Å². The largest absolute Gasteiger partial charge is 0.494 e. The van der Waals surface area contributed by atoms with Crippen molar-refractivity contribution in [1.29, 1.82) is 0 Å². The molecule has 1 aliphatic rings. The second kappa shape index (κ2) is 8.97. The van der Waals surface area contributed by atoms with Gasteiger partial charge in [-0.05, 0) is 72.7 Å². The standard InChI is InChI=1S/C28H31NO2/c1-4-20-7-11-22(12-8-20)28(23-13-9-21(5-2)10-14-23)19-26(28)27(30)29-24-15-17-25(18-16-24)31-6-3/h7-18,26H,4-6,19H2,1-3H3,(H,29,30)/t26-/m0/s1. The summed E-state index contributed by atoms with van der Waals surface area (Å²) in [5, 5.41) is 3.12. The Morgan fingerprint density at radius 3 is 1.81 bits per heavy atom. The lowest BCUT2D eigenvalue weighted by Crippen LogP contribution is -2.22. The minimum atomic E-state index is -0.256. The van der Waals surface area contributed by atoms with Crippen molar-refractivity contribution in [3.63, 3.8) is 0 Å². The summed E-state index contributed by atoms with van der Waals surface area (Å²) < 4.78 is 5.50. The Morgan fingerprint density at radius 2 is 1.35 bits per heavy atom. The molecule has 0 spiro atoms. The van der Waals surface area contributed by atoms with Crippen LogP contribution >= 0.6 is 0 Å². The third-order valence-electron chi connectivity index (χ3n) is 6.46. The van der Waals surface area contributed by atoms with Crippen LogP contribution in [0.25, 0.3) is 0 Å². The summed E-state index contributed by atoms with van der Waals surface area (Å²) in [6.07, 6.45) is 2.85. The van der Waals surface area contributed by atoms with E-state index in [0.29, 0.717) is 6.61 Å². The van der Waals surface area contributed by atoms with Crippen LogP contribution in [0.4, 0.5) is 5.69 Å². The number of hydrogen-bond donors (Lipinski definition) is 1. The van der Waals surface area contributed by atoms with Gasteiger partial charge in [-0.15, -0.1) is 0 Å². The van der Waals surface area contributed by atoms with Gasteiger partial charge in [0.2, 0.25) is 5.91 Å². The van der Waals surface area contributed by atoms with Crippen LogP contribution in [0.1, 0.15) is 49.4 Å². The van der Waals surface area contributed by atoms with Gasteiger partial charge in [0.1, 0.15) is 5.75 Å². The molecule has 0 heterocycles. The Labute approximate surface area is 185 Å². The topological polar surface area (TPSA) is 38.3 Å². The summed E-state index contributed by atoms with van der Waals surface area (Å²) in [4.78, 5) is 13.3. The molecule has 1 N–H and O–H groups in total. The lowest BCUT2D eigenvalue weighted by Gasteiger charge is -2.20. The minimum Gasteiger partial charge on any atom is -0.494 e. The first-order valence-electron chi connectivity index (χ1n) is 11.3. The summed E-state index contributed by atoms with van der Waals surface area (Å²) in [6, 6.07) is 25.2. The number of ether oxygens (including phenoxy) is 1. The Bertz CT molecular complexity index is 973. The molecule has 0 bridgehead atoms. The molecule has 4 rings (SSSR count). The third kappa shape index (κ3) is 4.23. The average Bonchev–Trinajstić information content (AvgIpc) is 3.58. The highest BCUT2D eigenvalue weighted by Gasteiger charge is 2.60. The van der Waals surface area contributed by atoms with Crippen LogP contribution in [0.5, 0.6) is 5.75 Å². The van der Waals surface area contributed by atoms with E-state index in [1.54, 1.807) is 0 Å². The first-order chi connectivity index (χ1) is 15.1. The van der Waals surface area contributed by atoms with Crippen molar-refractivity contribution in [1.82, 2.24) is 0 Å². The van der Waals surface area contributed by atoms with E-state index in [1.807, 2.05) is 31.2 Å². The van der Waals surface area contributed by atoms with Crippen molar-refractivity contribution in [3.8, 4) is 5.75 Å². The van der Waals surface area contributed by atoms with Crippen LogP contribution in [-0.2, 0) is 23.1 Å². The van der Waals surface area contributed by atoms with E-state index >= 15 is 0 Å². The Hall–Kier alpha value is -3.07. The number of aryl methyl sites for hydroxylation is 2. The van der Waals surface area contributed by atoms with Crippen LogP contribution in [0.15, 0.2) is 72.8 Å². The van der Waals surface area contributed by atoms with Crippen molar-refractivity contribution >= 4 is 11.6 Å². The number of nitrogens with one attached hydrogen (secondary N) is 1. The molecular formula is C28H31NO2. The molecule has 0 aliphatic heterocycles. The predicted molar refractivity (Wildman–Crippen MR) is 127 cm³/mol. The summed E-state index contributed by atoms with van der Waals surface area (Å²) in [5.74, 6) is 0.801. The van der Waals surface area contributed by atoms with Gasteiger partial charge in [0.05, 0.1) is 12.5 Å². The van der Waals surface area contributed by atoms with Crippen LogP contribution in [0, 0.1) is 5.92 Å². The molecule has 0 radical (unpaired) electrons. The summed E-state index contributed by atoms with van der Waals surface area (Å²) in [7, 11) is 0. The van der Waals surface area contributed by atoms with E-state index in [0.717, 1.165) is 30.7 Å². The number of anilines is 1. The van der Waals surface area contributed by atoms with Gasteiger partial charge in [-0.1, -0.05) is 62.4 Å². The van der Waals surface area contributed by atoms with E-state index in [-0.39, 0.29) is 17.2 Å². The summed E-state index contributed by atoms with van der Waals surface area (Å²) >= 11 is 0. The number of rotatable bonds is 8. The Morgan fingerprint density at radius 1 is 0.839 bits per heavy atom. The molecule has 0 aromatic heterocycles. The fraction of sp³-hybridized carbons (Fsp3) is 0.321. The highest BCUT2D eigenvalue weighted by Crippen LogP contribution is 2.59. The molecule has 31 heavy (non-hydrogen) atoms. The second-order valence-electron chi connectivity index (χ2n) is 8.28. The maximum Gasteiger partial charge on any atom is 0.228 e. The summed E-state index contributed by atoms with van der Waals surface area (Å²) in [6.45, 7) is 6.92. The van der Waals surface area contributed by atoms with E-state index in [2.05, 4.69) is 67.7 Å². The number of carbonyl (C=O) groups is 1. The number of amides is 1. The van der Waals surface area contributed by atoms with Gasteiger partial charge in [0.25, 0.3) is 0 Å². The fourth-order valence-electron chi connectivity index (χ4n) is 4.49. The lowest BCUT2D eigenvalue weighted by molar-refractivity contribution is -0.117. The number of hydrogen-bond acceptors (Lipinski definition) is 2. The smallest absolute Gasteiger partial charge is 0.228 e. The second-order valence-corrected chi connectivity index (χ2v) is 8.28. The maximum absolute atomic E-state index is 13.3. The molecule has 1 fully saturated rings. The highest BCUT2D eigenvalue weighted by atomic mass is 16.5. The normalized spacial score (nSPS) is 16.5. The highest BCUT2D eigenvalue weighted by molar-refractivity contribution is 5.97. The van der Waals surface area contributed by atoms with Crippen LogP contribution in [-0.4, -0.2) is 12.5 Å². The molecule has 1 atom stereocenters. The lowest BCUT2D eigenvalue weighted by atomic mass is 9.84. The third-order valence-corrected chi connectivity index (χ3v) is 6.46. The predicted octanol–water partition coefficient (Wildman–Crippen LogP) is 6.15. The molecule has 1 aliphatic carbocycles. The number of benzene rings is 3. The number of carbonyl (C=O) groups excluding carboxylic acids is 1. The van der Waals surface area contributed by atoms with Crippen molar-refractivity contribution in [2.24, 2.45) is 5.92 Å². The van der Waals surface area contributed by atoms with Gasteiger partial charge in [0, 0.05) is 11.1 Å². The van der Waals surface area contributed by atoms with Gasteiger partial charge in [-0.25, -0.2) is 0 Å². The molecule has 3 aromatic rings. The van der Waals surface area contributed by atoms with E-state index in [9.17, 15) is 4.79 Å². The molecule has 1 amide bonds. The van der Waals surface area contributed by atoms with Gasteiger partial charge in [-0.2, -0.15) is 0 Å². The molecule has 0 unspecified atom stereocenters. The molecule has 160 valence electrons. The van der Waals surface area contributed by atoms with Gasteiger partial charge < -0.3 is 10.1 Å². The van der Waals surface area contributed by atoms with Crippen molar-refractivity contribution in [2.45, 2.75) is 45.4 Å². The average molecular weight is 414 g/mol. The summed E-state index contributed by atoms with van der Waals surface area (Å²) in [5.41, 5.74) is 5.62. The SMILES string of the molecule is CCOc1ccc(NC(=O)[C@@H]2CC2(c2ccc(CC)cc2)c2ccc(CC)cc2)cc1. The van der Waals surface area contributed by atoms with Gasteiger partial charge in [-0.3, -0.25) is 4.79 Å². The van der Waals surface area contributed by atoms with Crippen LogP contribution < -0.4 is 10.1 Å². The molecular weight excluding hydrogens is 382 g/mol. The quantitative estimate of drug-likeness (QED) is 0.481. The molecule has 3 aromatic carbocycles. The van der Waals surface area contributed by atoms with Gasteiger partial charge >= 0.3 is 0 Å². The van der Waals surface area contributed by atoms with E-state index in [4.69, 9.17) is 4.74 Å². The van der Waals surface area contributed by atoms with Crippen molar-refractivity contribution < 1.29 is 9.53 Å². The molecule has 3 nitrogen and oxygen atoms in total. The zero-order valence-electron chi connectivity index (χ0n) is 18.7. The zero-order valence-corrected chi connectivity index (χ0v) is 18.7. The minimum absolute atomic E-state index is 0.0725. The Balaban J connectivity index is 1.60. The first kappa shape index (κ1) is 21.2. The van der Waals surface area contributed by atoms with Crippen LogP contribution in [0.3, 0.4) is 0 Å².